The molecule has 0 saturated carbocycles. The zero-order valence-electron chi connectivity index (χ0n) is 16.7. The van der Waals surface area contributed by atoms with E-state index in [2.05, 4.69) is 30.0 Å². The Morgan fingerprint density at radius 2 is 1.47 bits per heavy atom. The van der Waals surface area contributed by atoms with Crippen LogP contribution in [0.2, 0.25) is 0 Å². The molecule has 1 atom stereocenters. The monoisotopic (exact) mass is 397 g/mol. The second kappa shape index (κ2) is 12.3. The molecule has 1 fully saturated rings. The van der Waals surface area contributed by atoms with Gasteiger partial charge in [-0.05, 0) is 42.0 Å². The minimum absolute atomic E-state index is 0.197. The van der Waals surface area contributed by atoms with Gasteiger partial charge >= 0.3 is 6.09 Å². The first-order valence-electron chi connectivity index (χ1n) is 9.28. The summed E-state index contributed by atoms with van der Waals surface area (Å²) >= 11 is 0. The number of nitrogens with one attached hydrogen (secondary N) is 1. The van der Waals surface area contributed by atoms with Crippen molar-refractivity contribution >= 4 is 6.09 Å². The number of cyclic esters (lactones) is 1. The van der Waals surface area contributed by atoms with Crippen LogP contribution in [0.4, 0.5) is 4.79 Å². The average molecular weight is 397 g/mol. The van der Waals surface area contributed by atoms with E-state index >= 15 is 0 Å². The number of carbonyl (C=O) groups excluding carboxylic acids is 1. The highest BCUT2D eigenvalue weighted by Crippen LogP contribution is 2.24. The number of hydrogen-bond donors (Lipinski definition) is 1. The molecule has 1 N–H and O–H groups in total. The van der Waals surface area contributed by atoms with E-state index in [1.54, 1.807) is 7.11 Å². The van der Waals surface area contributed by atoms with Crippen molar-refractivity contribution in [2.45, 2.75) is 6.10 Å². The summed E-state index contributed by atoms with van der Waals surface area (Å²) in [6, 6.07) is 27.5. The average Bonchev–Trinajstić information content (AvgIpc) is 3.27. The van der Waals surface area contributed by atoms with Crippen molar-refractivity contribution in [2.24, 2.45) is 0 Å². The maximum Gasteiger partial charge on any atom is 0.407 e. The molecular formula is C26H23NO3. The second-order valence-corrected chi connectivity index (χ2v) is 6.03. The van der Waals surface area contributed by atoms with Crippen LogP contribution in [0.5, 0.6) is 5.75 Å². The fraction of sp³-hybridized carbons (Fsp3) is 0.115. The molecule has 4 nitrogen and oxygen atoms in total. The molecule has 1 aliphatic rings. The van der Waals surface area contributed by atoms with E-state index in [1.807, 2.05) is 84.9 Å². The molecule has 1 saturated heterocycles. The highest BCUT2D eigenvalue weighted by atomic mass is 16.6. The maximum atomic E-state index is 10.8. The molecule has 0 aromatic heterocycles. The lowest BCUT2D eigenvalue weighted by Crippen LogP contribution is -2.12. The summed E-state index contributed by atoms with van der Waals surface area (Å²) in [7, 11) is 1.61. The van der Waals surface area contributed by atoms with Gasteiger partial charge < -0.3 is 14.8 Å². The third kappa shape index (κ3) is 7.11. The Morgan fingerprint density at radius 3 is 1.93 bits per heavy atom. The van der Waals surface area contributed by atoms with E-state index in [4.69, 9.17) is 9.47 Å². The summed E-state index contributed by atoms with van der Waals surface area (Å²) in [5, 5.41) is 2.60. The summed E-state index contributed by atoms with van der Waals surface area (Å²) in [5.41, 5.74) is 3.05. The first-order valence-corrected chi connectivity index (χ1v) is 9.28. The Bertz CT molecular complexity index is 958. The van der Waals surface area contributed by atoms with Crippen LogP contribution in [0.1, 0.15) is 22.8 Å². The highest BCUT2D eigenvalue weighted by Gasteiger charge is 2.24. The molecule has 1 heterocycles. The van der Waals surface area contributed by atoms with Crippen molar-refractivity contribution in [3.05, 3.63) is 102 Å². The summed E-state index contributed by atoms with van der Waals surface area (Å²) in [6.07, 6.45) is 7.44. The zero-order chi connectivity index (χ0) is 21.6. The van der Waals surface area contributed by atoms with Crippen LogP contribution in [-0.4, -0.2) is 19.7 Å². The van der Waals surface area contributed by atoms with Gasteiger partial charge in [0.25, 0.3) is 0 Å². The number of ether oxygens (including phenoxy) is 2. The fourth-order valence-corrected chi connectivity index (χ4v) is 2.60. The predicted octanol–water partition coefficient (Wildman–Crippen LogP) is 4.81. The van der Waals surface area contributed by atoms with Crippen molar-refractivity contribution in [3.63, 3.8) is 0 Å². The lowest BCUT2D eigenvalue weighted by Gasteiger charge is -2.08. The van der Waals surface area contributed by atoms with Gasteiger partial charge in [-0.1, -0.05) is 60.4 Å². The van der Waals surface area contributed by atoms with Gasteiger partial charge in [-0.3, -0.25) is 0 Å². The van der Waals surface area contributed by atoms with Crippen molar-refractivity contribution < 1.29 is 14.3 Å². The third-order valence-electron chi connectivity index (χ3n) is 4.05. The van der Waals surface area contributed by atoms with Crippen LogP contribution in [0.15, 0.2) is 84.9 Å². The van der Waals surface area contributed by atoms with Crippen molar-refractivity contribution in [1.82, 2.24) is 5.32 Å². The normalized spacial score (nSPS) is 13.6. The number of alkyl carbamates (subject to hydrolysis) is 1. The van der Waals surface area contributed by atoms with Crippen molar-refractivity contribution in [2.75, 3.05) is 13.7 Å². The molecule has 0 unspecified atom stereocenters. The van der Waals surface area contributed by atoms with Crippen LogP contribution in [0, 0.1) is 24.7 Å². The number of rotatable bonds is 2. The predicted molar refractivity (Wildman–Crippen MR) is 119 cm³/mol. The molecule has 0 spiro atoms. The minimum Gasteiger partial charge on any atom is -0.497 e. The molecule has 4 rings (SSSR count). The molecule has 0 aliphatic carbocycles. The molecule has 3 aromatic carbocycles. The van der Waals surface area contributed by atoms with Crippen LogP contribution in [0.3, 0.4) is 0 Å². The van der Waals surface area contributed by atoms with Gasteiger partial charge in [-0.15, -0.1) is 12.8 Å². The van der Waals surface area contributed by atoms with E-state index in [0.29, 0.717) is 6.54 Å². The molecule has 3 aromatic rings. The number of benzene rings is 3. The topological polar surface area (TPSA) is 47.6 Å². The Kier molecular flexibility index (Phi) is 9.11. The van der Waals surface area contributed by atoms with E-state index in [-0.39, 0.29) is 12.2 Å². The van der Waals surface area contributed by atoms with Gasteiger partial charge in [0.15, 0.2) is 0 Å². The quantitative estimate of drug-likeness (QED) is 0.631. The lowest BCUT2D eigenvalue weighted by atomic mass is 10.1. The van der Waals surface area contributed by atoms with Gasteiger partial charge in [0.2, 0.25) is 0 Å². The van der Waals surface area contributed by atoms with E-state index in [9.17, 15) is 4.79 Å². The number of carbonyl (C=O) groups is 1. The minimum atomic E-state index is -0.363. The largest absolute Gasteiger partial charge is 0.497 e. The van der Waals surface area contributed by atoms with Crippen LogP contribution in [-0.2, 0) is 4.74 Å². The SMILES string of the molecule is C#C.C(#Cc1ccccc1)c1ccccc1.COc1cccc([C@H]2CNC(=O)O2)c1. The first kappa shape index (κ1) is 22.1. The Labute approximate surface area is 177 Å². The Hall–Kier alpha value is -4.15. The lowest BCUT2D eigenvalue weighted by molar-refractivity contribution is 0.141. The Morgan fingerprint density at radius 1 is 0.900 bits per heavy atom. The number of amides is 1. The molecule has 0 radical (unpaired) electrons. The standard InChI is InChI=1S/C14H10.C10H11NO3.C2H2/c1-3-7-13(8-4-1)11-12-14-9-5-2-6-10-14;1-13-8-4-2-3-7(5-8)9-6-11-10(12)14-9;1-2/h1-10H;2-5,9H,6H2,1H3,(H,11,12);1-2H/t;9-;/m.1./s1. The zero-order valence-corrected chi connectivity index (χ0v) is 16.7. The van der Waals surface area contributed by atoms with E-state index in [1.165, 1.54) is 0 Å². The summed E-state index contributed by atoms with van der Waals surface area (Å²) in [4.78, 5) is 10.8. The second-order valence-electron chi connectivity index (χ2n) is 6.03. The van der Waals surface area contributed by atoms with Gasteiger partial charge in [-0.2, -0.15) is 0 Å². The summed E-state index contributed by atoms with van der Waals surface area (Å²) in [6.45, 7) is 0.520. The van der Waals surface area contributed by atoms with E-state index in [0.717, 1.165) is 22.4 Å². The Balaban J connectivity index is 0.000000197. The highest BCUT2D eigenvalue weighted by molar-refractivity contribution is 5.69. The summed E-state index contributed by atoms with van der Waals surface area (Å²) in [5.74, 6) is 6.99. The maximum absolute atomic E-state index is 10.8. The number of hydrogen-bond acceptors (Lipinski definition) is 3. The van der Waals surface area contributed by atoms with Gasteiger partial charge in [-0.25, -0.2) is 4.79 Å². The molecule has 0 bridgehead atoms. The van der Waals surface area contributed by atoms with Gasteiger partial charge in [0.1, 0.15) is 11.9 Å². The smallest absolute Gasteiger partial charge is 0.407 e. The number of methoxy groups -OCH3 is 1. The molecule has 1 aliphatic heterocycles. The summed E-state index contributed by atoms with van der Waals surface area (Å²) < 4.78 is 10.1. The molecule has 150 valence electrons. The van der Waals surface area contributed by atoms with E-state index < -0.39 is 0 Å². The van der Waals surface area contributed by atoms with Crippen molar-refractivity contribution in [3.8, 4) is 30.4 Å². The molecule has 1 amide bonds. The first-order chi connectivity index (χ1) is 14.7. The van der Waals surface area contributed by atoms with Gasteiger partial charge in [0.05, 0.1) is 13.7 Å². The molecule has 4 heteroatoms. The van der Waals surface area contributed by atoms with Crippen LogP contribution in [0.25, 0.3) is 0 Å². The molecular weight excluding hydrogens is 374 g/mol. The van der Waals surface area contributed by atoms with Crippen LogP contribution >= 0.6 is 0 Å². The number of terminal acetylenes is 1. The van der Waals surface area contributed by atoms with Gasteiger partial charge in [0, 0.05) is 11.1 Å². The van der Waals surface area contributed by atoms with Crippen LogP contribution < -0.4 is 10.1 Å². The van der Waals surface area contributed by atoms with Crippen molar-refractivity contribution in [1.29, 1.82) is 0 Å². The third-order valence-corrected chi connectivity index (χ3v) is 4.05. The fourth-order valence-electron chi connectivity index (χ4n) is 2.60. The molecule has 30 heavy (non-hydrogen) atoms.